The number of carbonyl (C=O) groups excluding carboxylic acids is 1. The number of aromatic nitrogens is 3. The van der Waals surface area contributed by atoms with Crippen LogP contribution in [0.5, 0.6) is 0 Å². The third kappa shape index (κ3) is 7.28. The van der Waals surface area contributed by atoms with E-state index >= 15 is 0 Å². The number of nitrogens with zero attached hydrogens (tertiary/aromatic N) is 5. The maximum atomic E-state index is 11.7. The highest BCUT2D eigenvalue weighted by molar-refractivity contribution is 7.11. The summed E-state index contributed by atoms with van der Waals surface area (Å²) < 4.78 is 39.3. The fraction of sp³-hybridized carbons (Fsp3) is 0.579. The van der Waals surface area contributed by atoms with Crippen LogP contribution in [0.25, 0.3) is 0 Å². The van der Waals surface area contributed by atoms with Gasteiger partial charge in [-0.3, -0.25) is 14.4 Å². The molecule has 2 aromatic heterocycles. The van der Waals surface area contributed by atoms with Gasteiger partial charge < -0.3 is 14.7 Å². The molecule has 0 saturated carbocycles. The minimum absolute atomic E-state index is 0.0231. The minimum Gasteiger partial charge on any atom is -0.475 e. The first-order chi connectivity index (χ1) is 14.9. The van der Waals surface area contributed by atoms with Gasteiger partial charge in [-0.1, -0.05) is 5.21 Å². The minimum atomic E-state index is -5.08. The lowest BCUT2D eigenvalue weighted by molar-refractivity contribution is -0.192. The summed E-state index contributed by atoms with van der Waals surface area (Å²) in [4.78, 5) is 27.2. The Morgan fingerprint density at radius 3 is 2.53 bits per heavy atom. The Hall–Kier alpha value is -2.51. The van der Waals surface area contributed by atoms with Gasteiger partial charge in [0, 0.05) is 56.4 Å². The summed E-state index contributed by atoms with van der Waals surface area (Å²) in [5.74, 6) is -2.61. The molecule has 0 saturated heterocycles. The Morgan fingerprint density at radius 1 is 1.34 bits per heavy atom. The van der Waals surface area contributed by atoms with E-state index in [-0.39, 0.29) is 18.4 Å². The maximum Gasteiger partial charge on any atom is 0.490 e. The molecule has 3 rings (SSSR count). The van der Waals surface area contributed by atoms with Crippen LogP contribution in [0.3, 0.4) is 0 Å². The van der Waals surface area contributed by atoms with Crippen LogP contribution in [0.1, 0.15) is 27.1 Å². The highest BCUT2D eigenvalue weighted by atomic mass is 32.1. The number of halogens is 3. The van der Waals surface area contributed by atoms with E-state index in [0.717, 1.165) is 31.0 Å². The standard InChI is InChI=1S/C17H25N5O2S.C2HF3O2/c1-12-5-6-14(25-12)8-22-7-13(10-24-11-16(23)20(2)3)17-15(9-22)18-19-21(17)4;3-2(4,5)1(6)7/h5-6,13H,7-11H2,1-4H3;(H,6,7). The molecule has 13 heteroatoms. The van der Waals surface area contributed by atoms with Gasteiger partial charge in [0.1, 0.15) is 12.3 Å². The molecular formula is C19H26F3N5O4S. The number of carbonyl (C=O) groups is 2. The number of amides is 1. The van der Waals surface area contributed by atoms with Crippen LogP contribution in [0.4, 0.5) is 13.2 Å². The molecule has 32 heavy (non-hydrogen) atoms. The molecule has 0 aromatic carbocycles. The van der Waals surface area contributed by atoms with Crippen molar-refractivity contribution in [2.45, 2.75) is 32.1 Å². The zero-order valence-electron chi connectivity index (χ0n) is 18.2. The van der Waals surface area contributed by atoms with Gasteiger partial charge in [0.25, 0.3) is 0 Å². The van der Waals surface area contributed by atoms with Gasteiger partial charge in [0.05, 0.1) is 12.3 Å². The van der Waals surface area contributed by atoms with E-state index in [1.165, 1.54) is 9.75 Å². The smallest absolute Gasteiger partial charge is 0.475 e. The second-order valence-electron chi connectivity index (χ2n) is 7.53. The number of hydrogen-bond acceptors (Lipinski definition) is 7. The van der Waals surface area contributed by atoms with Crippen molar-refractivity contribution >= 4 is 23.2 Å². The molecule has 2 aromatic rings. The lowest BCUT2D eigenvalue weighted by Gasteiger charge is -2.31. The maximum absolute atomic E-state index is 11.7. The number of aryl methyl sites for hydroxylation is 2. The lowest BCUT2D eigenvalue weighted by Crippen LogP contribution is -2.36. The van der Waals surface area contributed by atoms with E-state index in [9.17, 15) is 18.0 Å². The average molecular weight is 478 g/mol. The number of hydrogen-bond donors (Lipinski definition) is 1. The van der Waals surface area contributed by atoms with Crippen molar-refractivity contribution in [3.8, 4) is 0 Å². The summed E-state index contributed by atoms with van der Waals surface area (Å²) in [5, 5.41) is 15.6. The van der Waals surface area contributed by atoms with Gasteiger partial charge in [-0.2, -0.15) is 13.2 Å². The molecule has 3 heterocycles. The van der Waals surface area contributed by atoms with E-state index < -0.39 is 12.1 Å². The van der Waals surface area contributed by atoms with E-state index in [0.29, 0.717) is 6.61 Å². The molecule has 0 radical (unpaired) electrons. The lowest BCUT2D eigenvalue weighted by atomic mass is 9.99. The zero-order valence-corrected chi connectivity index (χ0v) is 19.0. The molecule has 9 nitrogen and oxygen atoms in total. The number of rotatable bonds is 6. The molecule has 1 N–H and O–H groups in total. The number of carboxylic acid groups (broad SMARTS) is 1. The number of ether oxygens (including phenoxy) is 1. The van der Waals surface area contributed by atoms with Crippen molar-refractivity contribution in [2.24, 2.45) is 7.05 Å². The number of likely N-dealkylation sites (N-methyl/N-ethyl adjacent to an activating group) is 1. The first-order valence-electron chi connectivity index (χ1n) is 9.62. The van der Waals surface area contributed by atoms with Crippen LogP contribution in [0.15, 0.2) is 12.1 Å². The predicted octanol–water partition coefficient (Wildman–Crippen LogP) is 2.02. The van der Waals surface area contributed by atoms with E-state index in [1.54, 1.807) is 19.0 Å². The molecule has 0 fully saturated rings. The van der Waals surface area contributed by atoms with Gasteiger partial charge in [-0.25, -0.2) is 4.79 Å². The summed E-state index contributed by atoms with van der Waals surface area (Å²) in [6.45, 7) is 5.31. The van der Waals surface area contributed by atoms with Gasteiger partial charge in [0.2, 0.25) is 5.91 Å². The van der Waals surface area contributed by atoms with Crippen molar-refractivity contribution in [1.29, 1.82) is 0 Å². The highest BCUT2D eigenvalue weighted by Gasteiger charge is 2.38. The second kappa shape index (κ2) is 10.9. The Morgan fingerprint density at radius 2 is 2.00 bits per heavy atom. The molecule has 178 valence electrons. The van der Waals surface area contributed by atoms with Crippen molar-refractivity contribution in [2.75, 3.05) is 33.9 Å². The largest absolute Gasteiger partial charge is 0.490 e. The normalized spacial score (nSPS) is 16.2. The molecule has 1 atom stereocenters. The van der Waals surface area contributed by atoms with Crippen molar-refractivity contribution < 1.29 is 32.6 Å². The Labute approximate surface area is 187 Å². The summed E-state index contributed by atoms with van der Waals surface area (Å²) in [7, 11) is 5.39. The van der Waals surface area contributed by atoms with Crippen LogP contribution in [0.2, 0.25) is 0 Å². The molecule has 1 unspecified atom stereocenters. The number of alkyl halides is 3. The van der Waals surface area contributed by atoms with Crippen LogP contribution in [-0.4, -0.2) is 81.8 Å². The Kier molecular flexibility index (Phi) is 8.75. The molecular weight excluding hydrogens is 451 g/mol. The number of carboxylic acids is 1. The average Bonchev–Trinajstić information content (AvgIpc) is 3.26. The van der Waals surface area contributed by atoms with Crippen LogP contribution in [0, 0.1) is 6.92 Å². The van der Waals surface area contributed by atoms with E-state index in [4.69, 9.17) is 14.6 Å². The molecule has 0 spiro atoms. The monoisotopic (exact) mass is 477 g/mol. The van der Waals surface area contributed by atoms with Crippen LogP contribution >= 0.6 is 11.3 Å². The predicted molar refractivity (Wildman–Crippen MR) is 110 cm³/mol. The fourth-order valence-electron chi connectivity index (χ4n) is 3.15. The van der Waals surface area contributed by atoms with Crippen molar-refractivity contribution in [1.82, 2.24) is 24.8 Å². The topological polar surface area (TPSA) is 101 Å². The molecule has 0 aliphatic carbocycles. The molecule has 0 bridgehead atoms. The van der Waals surface area contributed by atoms with Crippen molar-refractivity contribution in [3.05, 3.63) is 33.3 Å². The summed E-state index contributed by atoms with van der Waals surface area (Å²) in [5.41, 5.74) is 2.13. The molecule has 1 aliphatic heterocycles. The van der Waals surface area contributed by atoms with Gasteiger partial charge in [-0.05, 0) is 19.1 Å². The quantitative estimate of drug-likeness (QED) is 0.679. The van der Waals surface area contributed by atoms with Gasteiger partial charge >= 0.3 is 12.1 Å². The molecule has 1 aliphatic rings. The first-order valence-corrected chi connectivity index (χ1v) is 10.4. The molecule has 1 amide bonds. The van der Waals surface area contributed by atoms with E-state index in [2.05, 4.69) is 34.3 Å². The third-order valence-electron chi connectivity index (χ3n) is 4.64. The summed E-state index contributed by atoms with van der Waals surface area (Å²) in [6.07, 6.45) is -5.08. The second-order valence-corrected chi connectivity index (χ2v) is 8.90. The Balaban J connectivity index is 0.000000451. The number of thiophene rings is 1. The SMILES string of the molecule is Cc1ccc(CN2Cc3nnn(C)c3C(COCC(=O)N(C)C)C2)s1.O=C(O)C(F)(F)F. The van der Waals surface area contributed by atoms with Gasteiger partial charge in [-0.15, -0.1) is 16.4 Å². The zero-order chi connectivity index (χ0) is 24.1. The van der Waals surface area contributed by atoms with Crippen molar-refractivity contribution in [3.63, 3.8) is 0 Å². The third-order valence-corrected chi connectivity index (χ3v) is 5.63. The summed E-state index contributed by atoms with van der Waals surface area (Å²) >= 11 is 1.83. The number of aliphatic carboxylic acids is 1. The van der Waals surface area contributed by atoms with E-state index in [1.807, 2.05) is 23.1 Å². The van der Waals surface area contributed by atoms with Gasteiger partial charge in [0.15, 0.2) is 0 Å². The summed E-state index contributed by atoms with van der Waals surface area (Å²) in [6, 6.07) is 4.35. The first kappa shape index (κ1) is 25.7. The van der Waals surface area contributed by atoms with Crippen LogP contribution < -0.4 is 0 Å². The Bertz CT molecular complexity index is 928. The highest BCUT2D eigenvalue weighted by Crippen LogP contribution is 2.29. The number of fused-ring (bicyclic) bond motifs is 1. The van der Waals surface area contributed by atoms with Crippen LogP contribution in [-0.2, 0) is 34.5 Å². The fourth-order valence-corrected chi connectivity index (χ4v) is 4.09.